The zero-order valence-electron chi connectivity index (χ0n) is 18.2. The highest BCUT2D eigenvalue weighted by Gasteiger charge is 2.62. The first kappa shape index (κ1) is 24.0. The molecule has 0 aromatic heterocycles. The van der Waals surface area contributed by atoms with Crippen molar-refractivity contribution in [2.75, 3.05) is 19.4 Å². The van der Waals surface area contributed by atoms with Gasteiger partial charge in [-0.2, -0.15) is 13.2 Å². The molecule has 180 valence electrons. The zero-order chi connectivity index (χ0) is 24.0. The van der Waals surface area contributed by atoms with Crippen LogP contribution in [-0.4, -0.2) is 57.1 Å². The first-order valence-corrected chi connectivity index (χ1v) is 12.7. The van der Waals surface area contributed by atoms with E-state index in [2.05, 4.69) is 23.1 Å². The lowest BCUT2D eigenvalue weighted by atomic mass is 9.97. The van der Waals surface area contributed by atoms with Crippen molar-refractivity contribution in [3.8, 4) is 11.8 Å². The van der Waals surface area contributed by atoms with Crippen molar-refractivity contribution in [2.45, 2.75) is 56.5 Å². The van der Waals surface area contributed by atoms with E-state index in [-0.39, 0.29) is 36.5 Å². The van der Waals surface area contributed by atoms with Crippen LogP contribution in [0.25, 0.3) is 0 Å². The van der Waals surface area contributed by atoms with E-state index >= 15 is 4.39 Å². The fourth-order valence-corrected chi connectivity index (χ4v) is 5.23. The second-order valence-electron chi connectivity index (χ2n) is 9.00. The van der Waals surface area contributed by atoms with E-state index in [4.69, 9.17) is 4.74 Å². The highest BCUT2D eigenvalue weighted by molar-refractivity contribution is 7.88. The molecule has 1 unspecified atom stereocenters. The average Bonchev–Trinajstić information content (AvgIpc) is 3.37. The monoisotopic (exact) mass is 486 g/mol. The molecule has 3 atom stereocenters. The average molecular weight is 487 g/mol. The molecule has 33 heavy (non-hydrogen) atoms. The predicted octanol–water partition coefficient (Wildman–Crippen LogP) is 3.36. The van der Waals surface area contributed by atoms with E-state index in [1.807, 2.05) is 4.90 Å². The Morgan fingerprint density at radius 3 is 2.58 bits per heavy atom. The van der Waals surface area contributed by atoms with Crippen LogP contribution in [0.5, 0.6) is 0 Å². The quantitative estimate of drug-likeness (QED) is 0.495. The van der Waals surface area contributed by atoms with Gasteiger partial charge in [-0.15, -0.1) is 0 Å². The number of hydrogen-bond donors (Lipinski definition) is 1. The Bertz CT molecular complexity index is 1100. The summed E-state index contributed by atoms with van der Waals surface area (Å²) < 4.78 is 86.7. The maximum Gasteiger partial charge on any atom is 0.405 e. The molecule has 0 amide bonds. The molecule has 1 aromatic rings. The number of nitrogens with zero attached hydrogens (tertiary/aromatic N) is 1. The molecular formula is C23H26F4N2O3S. The minimum absolute atomic E-state index is 0.0773. The molecule has 3 aliphatic rings. The fraction of sp³-hybridized carbons (Fsp3) is 0.565. The number of halogens is 4. The summed E-state index contributed by atoms with van der Waals surface area (Å²) in [4.78, 5) is 1.95. The van der Waals surface area contributed by atoms with Crippen LogP contribution in [0.15, 0.2) is 30.5 Å². The van der Waals surface area contributed by atoms with E-state index in [9.17, 15) is 21.6 Å². The Kier molecular flexibility index (Phi) is 6.27. The molecule has 1 saturated carbocycles. The minimum Gasteiger partial charge on any atom is -0.372 e. The van der Waals surface area contributed by atoms with Crippen molar-refractivity contribution in [1.82, 2.24) is 9.62 Å². The first-order chi connectivity index (χ1) is 15.4. The van der Waals surface area contributed by atoms with Crippen LogP contribution in [0.2, 0.25) is 0 Å². The maximum atomic E-state index is 15.3. The molecular weight excluding hydrogens is 460 g/mol. The van der Waals surface area contributed by atoms with Gasteiger partial charge < -0.3 is 9.64 Å². The number of alkyl halides is 3. The molecule has 1 N–H and O–H groups in total. The highest BCUT2D eigenvalue weighted by atomic mass is 32.2. The molecule has 2 saturated heterocycles. The van der Waals surface area contributed by atoms with Crippen molar-refractivity contribution in [2.24, 2.45) is 5.41 Å². The van der Waals surface area contributed by atoms with Gasteiger partial charge in [-0.25, -0.2) is 17.5 Å². The van der Waals surface area contributed by atoms with Gasteiger partial charge in [0, 0.05) is 30.7 Å². The minimum atomic E-state index is -4.44. The molecule has 0 radical (unpaired) electrons. The van der Waals surface area contributed by atoms with Crippen molar-refractivity contribution in [3.05, 3.63) is 47.4 Å². The Morgan fingerprint density at radius 2 is 2.03 bits per heavy atom. The SMILES string of the molecule is C=C(C1CCO1)N1CC[C@H](NS(C)(=O)=O)[C@@H]1Cc1cccc(C#CC2(C(F)(F)F)CC2)c1F. The number of hydrogen-bond acceptors (Lipinski definition) is 4. The van der Waals surface area contributed by atoms with Gasteiger partial charge in [-0.05, 0) is 37.3 Å². The smallest absolute Gasteiger partial charge is 0.372 e. The molecule has 2 heterocycles. The van der Waals surface area contributed by atoms with Crippen LogP contribution in [0, 0.1) is 23.1 Å². The van der Waals surface area contributed by atoms with Gasteiger partial charge in [0.15, 0.2) is 0 Å². The Hall–Kier alpha value is -2.09. The van der Waals surface area contributed by atoms with Gasteiger partial charge in [-0.3, -0.25) is 0 Å². The van der Waals surface area contributed by atoms with Crippen LogP contribution in [0.1, 0.15) is 36.8 Å². The van der Waals surface area contributed by atoms with Gasteiger partial charge in [-0.1, -0.05) is 30.6 Å². The summed E-state index contributed by atoms with van der Waals surface area (Å²) in [6.45, 7) is 5.27. The van der Waals surface area contributed by atoms with Gasteiger partial charge in [0.1, 0.15) is 11.2 Å². The summed E-state index contributed by atoms with van der Waals surface area (Å²) in [5, 5.41) is 0. The van der Waals surface area contributed by atoms with Crippen LogP contribution in [-0.2, 0) is 21.2 Å². The van der Waals surface area contributed by atoms with E-state index in [0.717, 1.165) is 18.4 Å². The molecule has 0 spiro atoms. The molecule has 5 nitrogen and oxygen atoms in total. The zero-order valence-corrected chi connectivity index (χ0v) is 19.0. The number of ether oxygens (including phenoxy) is 1. The third-order valence-electron chi connectivity index (χ3n) is 6.59. The van der Waals surface area contributed by atoms with Gasteiger partial charge in [0.2, 0.25) is 10.0 Å². The van der Waals surface area contributed by atoms with E-state index in [0.29, 0.717) is 19.6 Å². The van der Waals surface area contributed by atoms with E-state index in [1.165, 1.54) is 6.07 Å². The first-order valence-electron chi connectivity index (χ1n) is 10.8. The standard InChI is InChI=1S/C23H26F4N2O3S/c1-15(20-8-13-32-20)29-12-7-18(28-33(2,30)31)19(29)14-17-5-3-4-16(21(17)24)6-9-22(10-11-22)23(25,26)27/h3-5,18-20,28H,1,7-8,10-14H2,2H3/t18-,19-,20?/m0/s1. The molecule has 2 aliphatic heterocycles. The lowest BCUT2D eigenvalue weighted by Crippen LogP contribution is -2.48. The van der Waals surface area contributed by atoms with E-state index in [1.54, 1.807) is 12.1 Å². The second-order valence-corrected chi connectivity index (χ2v) is 10.8. The van der Waals surface area contributed by atoms with E-state index < -0.39 is 39.5 Å². The van der Waals surface area contributed by atoms with Crippen LogP contribution >= 0.6 is 0 Å². The largest absolute Gasteiger partial charge is 0.405 e. The van der Waals surface area contributed by atoms with Crippen LogP contribution < -0.4 is 4.72 Å². The lowest BCUT2D eigenvalue weighted by Gasteiger charge is -2.38. The summed E-state index contributed by atoms with van der Waals surface area (Å²) in [5.41, 5.74) is -1.15. The Labute approximate surface area is 191 Å². The summed E-state index contributed by atoms with van der Waals surface area (Å²) in [6, 6.07) is 3.58. The topological polar surface area (TPSA) is 58.6 Å². The normalized spacial score (nSPS) is 26.3. The highest BCUT2D eigenvalue weighted by Crippen LogP contribution is 2.57. The predicted molar refractivity (Wildman–Crippen MR) is 115 cm³/mol. The fourth-order valence-electron chi connectivity index (χ4n) is 4.41. The molecule has 1 aliphatic carbocycles. The molecule has 4 rings (SSSR count). The summed E-state index contributed by atoms with van der Waals surface area (Å²) in [5.74, 6) is 3.96. The van der Waals surface area contributed by atoms with Crippen LogP contribution in [0.4, 0.5) is 17.6 Å². The summed E-state index contributed by atoms with van der Waals surface area (Å²) in [6.07, 6.45) is -2.20. The van der Waals surface area contributed by atoms with Crippen molar-refractivity contribution < 1.29 is 30.7 Å². The molecule has 1 aromatic carbocycles. The molecule has 10 heteroatoms. The summed E-state index contributed by atoms with van der Waals surface area (Å²) in [7, 11) is -3.50. The number of sulfonamides is 1. The Morgan fingerprint density at radius 1 is 1.33 bits per heavy atom. The molecule has 3 fully saturated rings. The Balaban J connectivity index is 1.60. The lowest BCUT2D eigenvalue weighted by molar-refractivity contribution is -0.168. The molecule has 0 bridgehead atoms. The van der Waals surface area contributed by atoms with Gasteiger partial charge in [0.05, 0.1) is 24.5 Å². The maximum absolute atomic E-state index is 15.3. The van der Waals surface area contributed by atoms with Crippen LogP contribution in [0.3, 0.4) is 0 Å². The number of benzene rings is 1. The third-order valence-corrected chi connectivity index (χ3v) is 7.32. The number of nitrogens with one attached hydrogen (secondary N) is 1. The van der Waals surface area contributed by atoms with Gasteiger partial charge >= 0.3 is 6.18 Å². The van der Waals surface area contributed by atoms with Crippen molar-refractivity contribution in [3.63, 3.8) is 0 Å². The third kappa shape index (κ3) is 5.05. The van der Waals surface area contributed by atoms with Crippen molar-refractivity contribution >= 4 is 10.0 Å². The van der Waals surface area contributed by atoms with Gasteiger partial charge in [0.25, 0.3) is 0 Å². The number of rotatable bonds is 6. The summed E-state index contributed by atoms with van der Waals surface area (Å²) >= 11 is 0. The second kappa shape index (κ2) is 8.60. The number of likely N-dealkylation sites (tertiary alicyclic amines) is 1. The van der Waals surface area contributed by atoms with Crippen molar-refractivity contribution in [1.29, 1.82) is 0 Å².